The topological polar surface area (TPSA) is 50.9 Å². The normalized spacial score (nSPS) is 7.73. The molecule has 64 valence electrons. The van der Waals surface area contributed by atoms with E-state index in [-0.39, 0.29) is 24.8 Å². The van der Waals surface area contributed by atoms with Gasteiger partial charge in [-0.1, -0.05) is 6.07 Å². The van der Waals surface area contributed by atoms with Crippen molar-refractivity contribution in [1.82, 2.24) is 10.4 Å². The fourth-order valence-corrected chi connectivity index (χ4v) is 0.621. The Kier molecular flexibility index (Phi) is 9.34. The van der Waals surface area contributed by atoms with Crippen molar-refractivity contribution in [3.05, 3.63) is 30.1 Å². The molecule has 0 aliphatic heterocycles. The van der Waals surface area contributed by atoms with Gasteiger partial charge in [0.25, 0.3) is 0 Å². The molecule has 3 nitrogen and oxygen atoms in total. The summed E-state index contributed by atoms with van der Waals surface area (Å²) in [7, 11) is 0. The van der Waals surface area contributed by atoms with E-state index in [1.807, 2.05) is 12.1 Å². The highest BCUT2D eigenvalue weighted by molar-refractivity contribution is 5.85. The van der Waals surface area contributed by atoms with Crippen LogP contribution < -0.4 is 11.3 Å². The second kappa shape index (κ2) is 7.75. The van der Waals surface area contributed by atoms with Gasteiger partial charge in [0.2, 0.25) is 0 Å². The van der Waals surface area contributed by atoms with Gasteiger partial charge in [-0.15, -0.1) is 24.8 Å². The standard InChI is InChI=1S/C6H9N3.2ClH/c7-9-5-6-2-1-3-8-4-6;;/h1-4,9H,5,7H2;2*1H. The third-order valence-electron chi connectivity index (χ3n) is 1.03. The van der Waals surface area contributed by atoms with Crippen LogP contribution in [0.1, 0.15) is 5.56 Å². The van der Waals surface area contributed by atoms with Crippen LogP contribution in [0, 0.1) is 0 Å². The lowest BCUT2D eigenvalue weighted by Gasteiger charge is -1.95. The van der Waals surface area contributed by atoms with Crippen LogP contribution in [0.15, 0.2) is 24.5 Å². The van der Waals surface area contributed by atoms with Gasteiger partial charge in [0.15, 0.2) is 0 Å². The molecule has 1 aromatic rings. The van der Waals surface area contributed by atoms with E-state index in [4.69, 9.17) is 5.84 Å². The van der Waals surface area contributed by atoms with E-state index in [0.717, 1.165) is 5.56 Å². The molecule has 3 N–H and O–H groups in total. The van der Waals surface area contributed by atoms with Crippen LogP contribution in [0.3, 0.4) is 0 Å². The molecular weight excluding hydrogens is 185 g/mol. The molecule has 0 aliphatic carbocycles. The van der Waals surface area contributed by atoms with Crippen molar-refractivity contribution in [3.8, 4) is 0 Å². The maximum Gasteiger partial charge on any atom is 0.0363 e. The van der Waals surface area contributed by atoms with E-state index in [2.05, 4.69) is 10.4 Å². The number of hydrogen-bond donors (Lipinski definition) is 2. The Morgan fingerprint density at radius 3 is 2.64 bits per heavy atom. The third kappa shape index (κ3) is 4.98. The summed E-state index contributed by atoms with van der Waals surface area (Å²) < 4.78 is 0. The van der Waals surface area contributed by atoms with Gasteiger partial charge in [-0.25, -0.2) is 0 Å². The van der Waals surface area contributed by atoms with Crippen LogP contribution in [0.5, 0.6) is 0 Å². The number of nitrogens with one attached hydrogen (secondary N) is 1. The molecule has 0 saturated heterocycles. The zero-order valence-corrected chi connectivity index (χ0v) is 7.49. The van der Waals surface area contributed by atoms with Crippen LogP contribution >= 0.6 is 24.8 Å². The van der Waals surface area contributed by atoms with Crippen LogP contribution in [0.2, 0.25) is 0 Å². The van der Waals surface area contributed by atoms with Gasteiger partial charge in [0.1, 0.15) is 0 Å². The SMILES string of the molecule is Cl.Cl.NNCc1cccnc1. The first-order valence-electron chi connectivity index (χ1n) is 2.76. The van der Waals surface area contributed by atoms with Crippen LogP contribution in [-0.4, -0.2) is 4.98 Å². The van der Waals surface area contributed by atoms with Crippen molar-refractivity contribution in [3.63, 3.8) is 0 Å². The number of nitrogens with zero attached hydrogens (tertiary/aromatic N) is 1. The lowest BCUT2D eigenvalue weighted by molar-refractivity contribution is 0.738. The van der Waals surface area contributed by atoms with Gasteiger partial charge in [0.05, 0.1) is 0 Å². The predicted octanol–water partition coefficient (Wildman–Crippen LogP) is 0.889. The molecule has 0 spiro atoms. The zero-order chi connectivity index (χ0) is 6.53. The summed E-state index contributed by atoms with van der Waals surface area (Å²) in [5.74, 6) is 5.08. The van der Waals surface area contributed by atoms with Crippen LogP contribution in [0.25, 0.3) is 0 Å². The Hall–Kier alpha value is -0.350. The number of nitrogens with two attached hydrogens (primary N) is 1. The minimum absolute atomic E-state index is 0. The second-order valence-electron chi connectivity index (χ2n) is 1.74. The molecule has 0 aromatic carbocycles. The van der Waals surface area contributed by atoms with Gasteiger partial charge in [-0.2, -0.15) is 0 Å². The van der Waals surface area contributed by atoms with Crippen molar-refractivity contribution >= 4 is 24.8 Å². The van der Waals surface area contributed by atoms with Gasteiger partial charge in [0, 0.05) is 18.9 Å². The first kappa shape index (κ1) is 13.3. The van der Waals surface area contributed by atoms with E-state index < -0.39 is 0 Å². The molecule has 1 aromatic heterocycles. The van der Waals surface area contributed by atoms with Crippen molar-refractivity contribution in [2.45, 2.75) is 6.54 Å². The first-order valence-corrected chi connectivity index (χ1v) is 2.76. The quantitative estimate of drug-likeness (QED) is 0.545. The Morgan fingerprint density at radius 2 is 2.18 bits per heavy atom. The first-order chi connectivity index (χ1) is 4.43. The number of rotatable bonds is 2. The molecule has 0 bridgehead atoms. The summed E-state index contributed by atoms with van der Waals surface area (Å²) in [6, 6.07) is 3.85. The van der Waals surface area contributed by atoms with Crippen LogP contribution in [0.4, 0.5) is 0 Å². The summed E-state index contributed by atoms with van der Waals surface area (Å²) in [5, 5.41) is 0. The monoisotopic (exact) mass is 195 g/mol. The average Bonchev–Trinajstić information content (AvgIpc) is 1.91. The second-order valence-corrected chi connectivity index (χ2v) is 1.74. The Balaban J connectivity index is 0. The largest absolute Gasteiger partial charge is 0.271 e. The summed E-state index contributed by atoms with van der Waals surface area (Å²) in [6.45, 7) is 0.674. The van der Waals surface area contributed by atoms with E-state index in [1.165, 1.54) is 0 Å². The molecule has 0 amide bonds. The van der Waals surface area contributed by atoms with E-state index in [0.29, 0.717) is 6.54 Å². The molecule has 0 saturated carbocycles. The minimum atomic E-state index is 0. The Morgan fingerprint density at radius 1 is 1.45 bits per heavy atom. The molecule has 5 heteroatoms. The van der Waals surface area contributed by atoms with Crippen molar-refractivity contribution in [2.24, 2.45) is 5.84 Å². The van der Waals surface area contributed by atoms with Gasteiger partial charge in [-0.05, 0) is 11.6 Å². The Labute approximate surface area is 78.2 Å². The van der Waals surface area contributed by atoms with Gasteiger partial charge >= 0.3 is 0 Å². The minimum Gasteiger partial charge on any atom is -0.271 e. The van der Waals surface area contributed by atoms with E-state index in [1.54, 1.807) is 12.4 Å². The summed E-state index contributed by atoms with van der Waals surface area (Å²) in [5.41, 5.74) is 3.64. The molecule has 0 atom stereocenters. The predicted molar refractivity (Wildman–Crippen MR) is 49.8 cm³/mol. The number of hydrogen-bond acceptors (Lipinski definition) is 3. The molecule has 0 fully saturated rings. The van der Waals surface area contributed by atoms with E-state index in [9.17, 15) is 0 Å². The number of pyridine rings is 1. The maximum absolute atomic E-state index is 5.08. The average molecular weight is 196 g/mol. The highest BCUT2D eigenvalue weighted by atomic mass is 35.5. The Bertz CT molecular complexity index is 169. The number of hydrazine groups is 1. The van der Waals surface area contributed by atoms with Gasteiger partial charge in [-0.3, -0.25) is 16.3 Å². The number of halogens is 2. The van der Waals surface area contributed by atoms with E-state index >= 15 is 0 Å². The summed E-state index contributed by atoms with van der Waals surface area (Å²) >= 11 is 0. The molecule has 0 radical (unpaired) electrons. The summed E-state index contributed by atoms with van der Waals surface area (Å²) in [4.78, 5) is 3.91. The lowest BCUT2D eigenvalue weighted by atomic mass is 10.3. The van der Waals surface area contributed by atoms with Crippen molar-refractivity contribution < 1.29 is 0 Å². The maximum atomic E-state index is 5.08. The number of aromatic nitrogens is 1. The fourth-order valence-electron chi connectivity index (χ4n) is 0.621. The van der Waals surface area contributed by atoms with Gasteiger partial charge < -0.3 is 0 Å². The zero-order valence-electron chi connectivity index (χ0n) is 5.86. The van der Waals surface area contributed by atoms with Crippen LogP contribution in [-0.2, 0) is 6.54 Å². The molecule has 0 aliphatic rings. The molecular formula is C6H11Cl2N3. The fraction of sp³-hybridized carbons (Fsp3) is 0.167. The molecule has 0 unspecified atom stereocenters. The lowest BCUT2D eigenvalue weighted by Crippen LogP contribution is -2.20. The van der Waals surface area contributed by atoms with Crippen molar-refractivity contribution in [1.29, 1.82) is 0 Å². The third-order valence-corrected chi connectivity index (χ3v) is 1.03. The summed E-state index contributed by atoms with van der Waals surface area (Å²) in [6.07, 6.45) is 3.51. The molecule has 11 heavy (non-hydrogen) atoms. The smallest absolute Gasteiger partial charge is 0.0363 e. The highest BCUT2D eigenvalue weighted by Crippen LogP contribution is 1.91. The van der Waals surface area contributed by atoms with Crippen molar-refractivity contribution in [2.75, 3.05) is 0 Å². The molecule has 1 rings (SSSR count). The molecule has 1 heterocycles. The highest BCUT2D eigenvalue weighted by Gasteiger charge is 1.84.